The summed E-state index contributed by atoms with van der Waals surface area (Å²) in [5.41, 5.74) is 0. The summed E-state index contributed by atoms with van der Waals surface area (Å²) < 4.78 is 0. The second-order valence-electron chi connectivity index (χ2n) is 4.89. The number of carbonyl (C=O) groups is 1. The SMILES string of the molecule is CC(=O)NC1CCN(C2CCN(C)C2)C1. The molecular formula is C11H21N3O. The molecule has 86 valence electrons. The van der Waals surface area contributed by atoms with Crippen molar-refractivity contribution in [3.8, 4) is 0 Å². The van der Waals surface area contributed by atoms with Crippen molar-refractivity contribution in [1.29, 1.82) is 0 Å². The van der Waals surface area contributed by atoms with Crippen molar-refractivity contribution in [2.24, 2.45) is 0 Å². The van der Waals surface area contributed by atoms with Crippen LogP contribution in [0.2, 0.25) is 0 Å². The van der Waals surface area contributed by atoms with Gasteiger partial charge < -0.3 is 10.2 Å². The minimum atomic E-state index is 0.102. The van der Waals surface area contributed by atoms with Crippen molar-refractivity contribution in [2.45, 2.75) is 31.8 Å². The second-order valence-corrected chi connectivity index (χ2v) is 4.89. The highest BCUT2D eigenvalue weighted by Gasteiger charge is 2.31. The Balaban J connectivity index is 1.79. The van der Waals surface area contributed by atoms with E-state index in [4.69, 9.17) is 0 Å². The standard InChI is InChI=1S/C11H21N3O/c1-9(15)12-10-3-6-14(7-10)11-4-5-13(2)8-11/h10-11H,3-8H2,1-2H3,(H,12,15). The summed E-state index contributed by atoms with van der Waals surface area (Å²) in [4.78, 5) is 15.9. The smallest absolute Gasteiger partial charge is 0.217 e. The monoisotopic (exact) mass is 211 g/mol. The van der Waals surface area contributed by atoms with Crippen molar-refractivity contribution in [3.63, 3.8) is 0 Å². The minimum Gasteiger partial charge on any atom is -0.352 e. The van der Waals surface area contributed by atoms with Gasteiger partial charge in [0.05, 0.1) is 0 Å². The Morgan fingerprint density at radius 3 is 2.67 bits per heavy atom. The van der Waals surface area contributed by atoms with Gasteiger partial charge in [-0.15, -0.1) is 0 Å². The number of nitrogens with one attached hydrogen (secondary N) is 1. The maximum atomic E-state index is 10.9. The molecule has 0 aromatic heterocycles. The fourth-order valence-corrected chi connectivity index (χ4v) is 2.73. The van der Waals surface area contributed by atoms with Crippen LogP contribution in [0.25, 0.3) is 0 Å². The zero-order chi connectivity index (χ0) is 10.8. The van der Waals surface area contributed by atoms with Gasteiger partial charge in [0.15, 0.2) is 0 Å². The highest BCUT2D eigenvalue weighted by atomic mass is 16.1. The third kappa shape index (κ3) is 2.69. The lowest BCUT2D eigenvalue weighted by Crippen LogP contribution is -2.39. The zero-order valence-electron chi connectivity index (χ0n) is 9.70. The van der Waals surface area contributed by atoms with Crippen LogP contribution in [0.5, 0.6) is 0 Å². The average Bonchev–Trinajstić information content (AvgIpc) is 2.72. The van der Waals surface area contributed by atoms with Crippen LogP contribution in [-0.4, -0.2) is 61.0 Å². The molecule has 0 radical (unpaired) electrons. The summed E-state index contributed by atoms with van der Waals surface area (Å²) in [6, 6.07) is 1.10. The number of likely N-dealkylation sites (N-methyl/N-ethyl adjacent to an activating group) is 1. The number of nitrogens with zero attached hydrogens (tertiary/aromatic N) is 2. The molecule has 0 spiro atoms. The summed E-state index contributed by atoms with van der Waals surface area (Å²) in [5.74, 6) is 0.102. The van der Waals surface area contributed by atoms with E-state index in [0.29, 0.717) is 12.1 Å². The summed E-state index contributed by atoms with van der Waals surface area (Å²) in [6.07, 6.45) is 2.39. The molecule has 0 aromatic rings. The lowest BCUT2D eigenvalue weighted by atomic mass is 10.2. The normalized spacial score (nSPS) is 33.5. The lowest BCUT2D eigenvalue weighted by Gasteiger charge is -2.23. The predicted octanol–water partition coefficient (Wildman–Crippen LogP) is -0.0991. The number of amides is 1. The van der Waals surface area contributed by atoms with Crippen LogP contribution in [0.4, 0.5) is 0 Å². The highest BCUT2D eigenvalue weighted by Crippen LogP contribution is 2.19. The molecule has 2 saturated heterocycles. The first-order valence-electron chi connectivity index (χ1n) is 5.85. The van der Waals surface area contributed by atoms with E-state index in [1.807, 2.05) is 0 Å². The fourth-order valence-electron chi connectivity index (χ4n) is 2.73. The van der Waals surface area contributed by atoms with Crippen LogP contribution < -0.4 is 5.32 Å². The Morgan fingerprint density at radius 1 is 1.27 bits per heavy atom. The van der Waals surface area contributed by atoms with Crippen LogP contribution in [0, 0.1) is 0 Å². The Morgan fingerprint density at radius 2 is 2.07 bits per heavy atom. The van der Waals surface area contributed by atoms with Crippen molar-refractivity contribution in [1.82, 2.24) is 15.1 Å². The number of hydrogen-bond acceptors (Lipinski definition) is 3. The molecule has 2 unspecified atom stereocenters. The van der Waals surface area contributed by atoms with Crippen LogP contribution in [0.1, 0.15) is 19.8 Å². The van der Waals surface area contributed by atoms with E-state index in [1.165, 1.54) is 19.5 Å². The summed E-state index contributed by atoms with van der Waals surface area (Å²) in [7, 11) is 2.18. The molecule has 2 heterocycles. The van der Waals surface area contributed by atoms with E-state index in [9.17, 15) is 4.79 Å². The van der Waals surface area contributed by atoms with E-state index in [-0.39, 0.29) is 5.91 Å². The molecule has 1 amide bonds. The highest BCUT2D eigenvalue weighted by molar-refractivity contribution is 5.73. The zero-order valence-corrected chi connectivity index (χ0v) is 9.70. The minimum absolute atomic E-state index is 0.102. The van der Waals surface area contributed by atoms with E-state index < -0.39 is 0 Å². The molecule has 4 heteroatoms. The molecule has 15 heavy (non-hydrogen) atoms. The summed E-state index contributed by atoms with van der Waals surface area (Å²) in [5, 5.41) is 3.01. The largest absolute Gasteiger partial charge is 0.352 e. The maximum absolute atomic E-state index is 10.9. The van der Waals surface area contributed by atoms with Gasteiger partial charge in [-0.3, -0.25) is 9.69 Å². The van der Waals surface area contributed by atoms with Crippen LogP contribution in [0.3, 0.4) is 0 Å². The lowest BCUT2D eigenvalue weighted by molar-refractivity contribution is -0.119. The molecule has 0 aliphatic carbocycles. The molecule has 0 saturated carbocycles. The molecule has 2 fully saturated rings. The molecule has 4 nitrogen and oxygen atoms in total. The number of rotatable bonds is 2. The Labute approximate surface area is 91.6 Å². The maximum Gasteiger partial charge on any atom is 0.217 e. The van der Waals surface area contributed by atoms with Crippen LogP contribution >= 0.6 is 0 Å². The Hall–Kier alpha value is -0.610. The summed E-state index contributed by atoms with van der Waals surface area (Å²) >= 11 is 0. The third-order valence-electron chi connectivity index (χ3n) is 3.51. The van der Waals surface area contributed by atoms with Gasteiger partial charge in [0, 0.05) is 38.6 Å². The van der Waals surface area contributed by atoms with E-state index in [2.05, 4.69) is 22.2 Å². The molecule has 1 N–H and O–H groups in total. The van der Waals surface area contributed by atoms with Crippen molar-refractivity contribution in [3.05, 3.63) is 0 Å². The first-order valence-corrected chi connectivity index (χ1v) is 5.85. The quantitative estimate of drug-likeness (QED) is 0.693. The van der Waals surface area contributed by atoms with Gasteiger partial charge in [-0.2, -0.15) is 0 Å². The Bertz CT molecular complexity index is 244. The summed E-state index contributed by atoms with van der Waals surface area (Å²) in [6.45, 7) is 6.19. The van der Waals surface area contributed by atoms with Gasteiger partial charge in [-0.25, -0.2) is 0 Å². The topological polar surface area (TPSA) is 35.6 Å². The van der Waals surface area contributed by atoms with E-state index in [0.717, 1.165) is 19.5 Å². The van der Waals surface area contributed by atoms with Gasteiger partial charge in [0.1, 0.15) is 0 Å². The van der Waals surface area contributed by atoms with E-state index in [1.54, 1.807) is 6.92 Å². The van der Waals surface area contributed by atoms with Gasteiger partial charge >= 0.3 is 0 Å². The molecule has 0 aromatic carbocycles. The Kier molecular flexibility index (Phi) is 3.26. The van der Waals surface area contributed by atoms with Gasteiger partial charge in [0.25, 0.3) is 0 Å². The van der Waals surface area contributed by atoms with Gasteiger partial charge in [0.2, 0.25) is 5.91 Å². The molecular weight excluding hydrogens is 190 g/mol. The first kappa shape index (κ1) is 10.9. The third-order valence-corrected chi connectivity index (χ3v) is 3.51. The molecule has 2 atom stereocenters. The van der Waals surface area contributed by atoms with Crippen molar-refractivity contribution in [2.75, 3.05) is 33.2 Å². The van der Waals surface area contributed by atoms with Crippen molar-refractivity contribution < 1.29 is 4.79 Å². The van der Waals surface area contributed by atoms with Gasteiger partial charge in [-0.1, -0.05) is 0 Å². The van der Waals surface area contributed by atoms with Crippen LogP contribution in [-0.2, 0) is 4.79 Å². The molecule has 2 rings (SSSR count). The van der Waals surface area contributed by atoms with Gasteiger partial charge in [-0.05, 0) is 26.4 Å². The number of carbonyl (C=O) groups excluding carboxylic acids is 1. The molecule has 2 aliphatic rings. The average molecular weight is 211 g/mol. The molecule has 2 aliphatic heterocycles. The number of likely N-dealkylation sites (tertiary alicyclic amines) is 2. The molecule has 0 bridgehead atoms. The predicted molar refractivity (Wildman–Crippen MR) is 59.7 cm³/mol. The fraction of sp³-hybridized carbons (Fsp3) is 0.909. The van der Waals surface area contributed by atoms with Crippen LogP contribution in [0.15, 0.2) is 0 Å². The first-order chi connectivity index (χ1) is 7.15. The van der Waals surface area contributed by atoms with Crippen molar-refractivity contribution >= 4 is 5.91 Å². The second kappa shape index (κ2) is 4.49. The number of hydrogen-bond donors (Lipinski definition) is 1. The van der Waals surface area contributed by atoms with E-state index >= 15 is 0 Å².